The first-order chi connectivity index (χ1) is 9.79. The van der Waals surface area contributed by atoms with E-state index in [4.69, 9.17) is 4.74 Å². The van der Waals surface area contributed by atoms with Gasteiger partial charge < -0.3 is 4.74 Å². The van der Waals surface area contributed by atoms with E-state index in [1.165, 1.54) is 0 Å². The zero-order valence-electron chi connectivity index (χ0n) is 13.2. The van der Waals surface area contributed by atoms with Crippen molar-refractivity contribution in [1.82, 2.24) is 4.90 Å². The van der Waals surface area contributed by atoms with E-state index in [1.54, 1.807) is 20.8 Å². The average molecular weight is 293 g/mol. The lowest BCUT2D eigenvalue weighted by molar-refractivity contribution is -0.150. The molecule has 0 fully saturated rings. The van der Waals surface area contributed by atoms with Crippen LogP contribution in [0.5, 0.6) is 0 Å². The summed E-state index contributed by atoms with van der Waals surface area (Å²) in [6, 6.07) is 0. The van der Waals surface area contributed by atoms with Crippen molar-refractivity contribution in [2.24, 2.45) is 0 Å². The minimum atomic E-state index is -0.489. The monoisotopic (exact) mass is 293 g/mol. The van der Waals surface area contributed by atoms with Gasteiger partial charge in [-0.15, -0.1) is 0 Å². The lowest BCUT2D eigenvalue weighted by atomic mass is 10.1. The van der Waals surface area contributed by atoms with Crippen LogP contribution in [0.3, 0.4) is 0 Å². The van der Waals surface area contributed by atoms with Crippen molar-refractivity contribution in [3.63, 3.8) is 0 Å². The van der Waals surface area contributed by atoms with E-state index in [-0.39, 0.29) is 18.4 Å². The number of unbranched alkanes of at least 4 members (excludes halogenated alkanes) is 1. The van der Waals surface area contributed by atoms with Crippen LogP contribution >= 0.6 is 0 Å². The number of hydrogen-bond acceptors (Lipinski definition) is 4. The quantitative estimate of drug-likeness (QED) is 0.411. The molecule has 0 bridgehead atoms. The Morgan fingerprint density at radius 3 is 2.19 bits per heavy atom. The van der Waals surface area contributed by atoms with E-state index in [2.05, 4.69) is 6.58 Å². The van der Waals surface area contributed by atoms with Gasteiger partial charge in [0.1, 0.15) is 6.10 Å². The number of amides is 2. The van der Waals surface area contributed by atoms with E-state index in [0.717, 1.165) is 17.7 Å². The molecule has 0 aromatic rings. The SMILES string of the molecule is C=C(C)C(=O)OC(CCCC)CN1C(=O)C(C)=C(C)C1=O. The molecule has 2 amide bonds. The highest BCUT2D eigenvalue weighted by Gasteiger charge is 2.35. The summed E-state index contributed by atoms with van der Waals surface area (Å²) in [5.41, 5.74) is 1.22. The Labute approximate surface area is 125 Å². The number of nitrogens with zero attached hydrogens (tertiary/aromatic N) is 1. The Morgan fingerprint density at radius 2 is 1.76 bits per heavy atom. The molecule has 0 aromatic carbocycles. The summed E-state index contributed by atoms with van der Waals surface area (Å²) in [4.78, 5) is 36.9. The smallest absolute Gasteiger partial charge is 0.333 e. The summed E-state index contributed by atoms with van der Waals surface area (Å²) in [5.74, 6) is -1.09. The van der Waals surface area contributed by atoms with Crippen molar-refractivity contribution >= 4 is 17.8 Å². The maximum Gasteiger partial charge on any atom is 0.333 e. The molecular formula is C16H23NO4. The average Bonchev–Trinajstić information content (AvgIpc) is 2.62. The summed E-state index contributed by atoms with van der Waals surface area (Å²) >= 11 is 0. The van der Waals surface area contributed by atoms with Crippen molar-refractivity contribution in [2.45, 2.75) is 53.1 Å². The van der Waals surface area contributed by atoms with Crippen LogP contribution in [0.25, 0.3) is 0 Å². The van der Waals surface area contributed by atoms with Crippen LogP contribution in [0.4, 0.5) is 0 Å². The van der Waals surface area contributed by atoms with Crippen molar-refractivity contribution in [2.75, 3.05) is 6.54 Å². The third-order valence-corrected chi connectivity index (χ3v) is 3.58. The predicted molar refractivity (Wildman–Crippen MR) is 79.3 cm³/mol. The highest BCUT2D eigenvalue weighted by molar-refractivity contribution is 6.18. The normalized spacial score (nSPS) is 16.5. The Kier molecular flexibility index (Phi) is 5.88. The molecule has 5 nitrogen and oxygen atoms in total. The van der Waals surface area contributed by atoms with Gasteiger partial charge in [0.15, 0.2) is 0 Å². The van der Waals surface area contributed by atoms with Crippen LogP contribution in [-0.2, 0) is 19.1 Å². The topological polar surface area (TPSA) is 63.7 Å². The lowest BCUT2D eigenvalue weighted by Crippen LogP contribution is -2.40. The molecule has 0 aliphatic carbocycles. The van der Waals surface area contributed by atoms with Crippen molar-refractivity contribution in [1.29, 1.82) is 0 Å². The molecule has 5 heteroatoms. The zero-order chi connectivity index (χ0) is 16.2. The van der Waals surface area contributed by atoms with Gasteiger partial charge in [-0.25, -0.2) is 4.79 Å². The Hall–Kier alpha value is -1.91. The molecule has 0 saturated heterocycles. The number of carbonyl (C=O) groups is 3. The van der Waals surface area contributed by atoms with Gasteiger partial charge in [0.05, 0.1) is 6.54 Å². The molecule has 0 N–H and O–H groups in total. The van der Waals surface area contributed by atoms with Crippen molar-refractivity contribution in [3.05, 3.63) is 23.3 Å². The third-order valence-electron chi connectivity index (χ3n) is 3.58. The Bertz CT molecular complexity index is 480. The van der Waals surface area contributed by atoms with E-state index in [9.17, 15) is 14.4 Å². The second-order valence-corrected chi connectivity index (χ2v) is 5.42. The molecule has 1 atom stereocenters. The number of esters is 1. The van der Waals surface area contributed by atoms with Gasteiger partial charge >= 0.3 is 5.97 Å². The van der Waals surface area contributed by atoms with Crippen molar-refractivity contribution in [3.8, 4) is 0 Å². The minimum absolute atomic E-state index is 0.103. The maximum absolute atomic E-state index is 12.0. The molecule has 1 unspecified atom stereocenters. The van der Waals surface area contributed by atoms with Gasteiger partial charge in [0.25, 0.3) is 11.8 Å². The first-order valence-corrected chi connectivity index (χ1v) is 7.19. The fraction of sp³-hybridized carbons (Fsp3) is 0.562. The van der Waals surface area contributed by atoms with Crippen LogP contribution in [0.2, 0.25) is 0 Å². The lowest BCUT2D eigenvalue weighted by Gasteiger charge is -2.23. The predicted octanol–water partition coefficient (Wildman–Crippen LogP) is 2.37. The Morgan fingerprint density at radius 1 is 1.24 bits per heavy atom. The molecule has 0 aromatic heterocycles. The molecule has 21 heavy (non-hydrogen) atoms. The second-order valence-electron chi connectivity index (χ2n) is 5.42. The van der Waals surface area contributed by atoms with Crippen LogP contribution in [-0.4, -0.2) is 35.3 Å². The first kappa shape index (κ1) is 17.1. The van der Waals surface area contributed by atoms with Gasteiger partial charge in [-0.3, -0.25) is 14.5 Å². The highest BCUT2D eigenvalue weighted by atomic mass is 16.5. The van der Waals surface area contributed by atoms with Gasteiger partial charge in [-0.2, -0.15) is 0 Å². The largest absolute Gasteiger partial charge is 0.457 e. The fourth-order valence-corrected chi connectivity index (χ4v) is 2.06. The molecule has 1 heterocycles. The van der Waals surface area contributed by atoms with Gasteiger partial charge in [0.2, 0.25) is 0 Å². The number of imide groups is 1. The summed E-state index contributed by atoms with van der Waals surface area (Å²) < 4.78 is 5.34. The highest BCUT2D eigenvalue weighted by Crippen LogP contribution is 2.21. The molecule has 0 spiro atoms. The van der Waals surface area contributed by atoms with E-state index in [0.29, 0.717) is 23.1 Å². The number of rotatable bonds is 7. The molecule has 1 rings (SSSR count). The van der Waals surface area contributed by atoms with E-state index < -0.39 is 12.1 Å². The second kappa shape index (κ2) is 7.20. The number of hydrogen-bond donors (Lipinski definition) is 0. The summed E-state index contributed by atoms with van der Waals surface area (Å²) in [5, 5.41) is 0. The summed E-state index contributed by atoms with van der Waals surface area (Å²) in [6.07, 6.45) is 1.93. The molecule has 116 valence electrons. The standard InChI is InChI=1S/C16H23NO4/c1-6-7-8-13(21-16(20)10(2)3)9-17-14(18)11(4)12(5)15(17)19/h13H,2,6-9H2,1,3-5H3. The van der Waals surface area contributed by atoms with Crippen LogP contribution < -0.4 is 0 Å². The Balaban J connectivity index is 2.78. The molecule has 1 aliphatic heterocycles. The third kappa shape index (κ3) is 4.03. The summed E-state index contributed by atoms with van der Waals surface area (Å²) in [6.45, 7) is 10.5. The van der Waals surface area contributed by atoms with Crippen LogP contribution in [0, 0.1) is 0 Å². The van der Waals surface area contributed by atoms with Gasteiger partial charge in [-0.05, 0) is 33.6 Å². The fourth-order valence-electron chi connectivity index (χ4n) is 2.06. The molecular weight excluding hydrogens is 270 g/mol. The number of ether oxygens (including phenoxy) is 1. The zero-order valence-corrected chi connectivity index (χ0v) is 13.2. The van der Waals surface area contributed by atoms with Crippen LogP contribution in [0.1, 0.15) is 47.0 Å². The minimum Gasteiger partial charge on any atom is -0.457 e. The molecule has 0 radical (unpaired) electrons. The number of carbonyl (C=O) groups excluding carboxylic acids is 3. The van der Waals surface area contributed by atoms with Crippen LogP contribution in [0.15, 0.2) is 23.3 Å². The van der Waals surface area contributed by atoms with Gasteiger partial charge in [-0.1, -0.05) is 19.9 Å². The molecule has 0 saturated carbocycles. The first-order valence-electron chi connectivity index (χ1n) is 7.19. The van der Waals surface area contributed by atoms with E-state index in [1.807, 2.05) is 6.92 Å². The van der Waals surface area contributed by atoms with Gasteiger partial charge in [0, 0.05) is 16.7 Å². The maximum atomic E-state index is 12.0. The van der Waals surface area contributed by atoms with Crippen molar-refractivity contribution < 1.29 is 19.1 Å². The molecule has 1 aliphatic rings. The van der Waals surface area contributed by atoms with E-state index >= 15 is 0 Å². The summed E-state index contributed by atoms with van der Waals surface area (Å²) in [7, 11) is 0.